The molecule has 1 aliphatic heterocycles. The van der Waals surface area contributed by atoms with Gasteiger partial charge in [-0.3, -0.25) is 4.90 Å². The Bertz CT molecular complexity index is 1440. The van der Waals surface area contributed by atoms with Crippen molar-refractivity contribution in [2.75, 3.05) is 43.4 Å². The molecule has 1 saturated heterocycles. The van der Waals surface area contributed by atoms with E-state index in [2.05, 4.69) is 25.1 Å². The molecule has 1 aliphatic rings. The van der Waals surface area contributed by atoms with Crippen molar-refractivity contribution in [3.05, 3.63) is 41.6 Å². The maximum atomic E-state index is 14.7. The molecule has 3 N–H and O–H groups in total. The molecule has 0 spiro atoms. The molecule has 0 saturated carbocycles. The number of nitrogen functional groups attached to an aromatic ring is 1. The monoisotopic (exact) mass is 521 g/mol. The van der Waals surface area contributed by atoms with Crippen molar-refractivity contribution >= 4 is 28.3 Å². The first kappa shape index (κ1) is 25.1. The number of anilines is 2. The SMILES string of the molecule is CCc1nc2c3cnn(CCN4CCN(c5ccc(C(C)(O)C(F)(F)F)cc5F)CC4)c3nc(N)n2n1. The number of piperazine rings is 1. The first-order valence-corrected chi connectivity index (χ1v) is 11.9. The minimum atomic E-state index is -4.91. The van der Waals surface area contributed by atoms with Gasteiger partial charge in [0.15, 0.2) is 22.7 Å². The van der Waals surface area contributed by atoms with E-state index in [4.69, 9.17) is 5.73 Å². The van der Waals surface area contributed by atoms with Gasteiger partial charge in [-0.15, -0.1) is 5.10 Å². The molecule has 4 aromatic rings. The second kappa shape index (κ2) is 9.10. The first-order valence-electron chi connectivity index (χ1n) is 11.9. The zero-order valence-corrected chi connectivity index (χ0v) is 20.4. The van der Waals surface area contributed by atoms with E-state index in [-0.39, 0.29) is 11.6 Å². The Morgan fingerprint density at radius 1 is 1.05 bits per heavy atom. The molecule has 5 rings (SSSR count). The van der Waals surface area contributed by atoms with Crippen LogP contribution in [0.2, 0.25) is 0 Å². The fourth-order valence-electron chi connectivity index (χ4n) is 4.49. The van der Waals surface area contributed by atoms with Crippen LogP contribution in [0, 0.1) is 5.82 Å². The van der Waals surface area contributed by atoms with E-state index in [0.29, 0.717) is 69.7 Å². The number of nitrogens with two attached hydrogens (primary N) is 1. The molecular formula is C23H27F4N9O. The standard InChI is InChI=1S/C23H27F4N9O/c1-3-18-30-20-15-13-29-35(19(15)31-21(28)36(20)32-18)11-8-33-6-9-34(10-7-33)17-5-4-14(12-16(17)24)22(2,37)23(25,26)27/h4-5,12-13,37H,3,6-11H2,1-2H3,(H2,28,31). The molecule has 14 heteroatoms. The molecule has 0 amide bonds. The van der Waals surface area contributed by atoms with Gasteiger partial charge >= 0.3 is 6.18 Å². The maximum Gasteiger partial charge on any atom is 0.421 e. The molecular weight excluding hydrogens is 494 g/mol. The van der Waals surface area contributed by atoms with Crippen LogP contribution < -0.4 is 10.6 Å². The molecule has 0 bridgehead atoms. The lowest BCUT2D eigenvalue weighted by molar-refractivity contribution is -0.258. The van der Waals surface area contributed by atoms with Crippen molar-refractivity contribution < 1.29 is 22.7 Å². The molecule has 4 heterocycles. The Kier molecular flexibility index (Phi) is 6.18. The van der Waals surface area contributed by atoms with E-state index in [1.54, 1.807) is 15.8 Å². The smallest absolute Gasteiger partial charge is 0.376 e. The van der Waals surface area contributed by atoms with Gasteiger partial charge in [-0.2, -0.15) is 27.8 Å². The molecule has 37 heavy (non-hydrogen) atoms. The van der Waals surface area contributed by atoms with Crippen LogP contribution in [0.4, 0.5) is 29.2 Å². The van der Waals surface area contributed by atoms with Crippen LogP contribution in [0.5, 0.6) is 0 Å². The molecule has 0 aliphatic carbocycles. The molecule has 10 nitrogen and oxygen atoms in total. The van der Waals surface area contributed by atoms with Gasteiger partial charge in [0.05, 0.1) is 23.8 Å². The second-order valence-corrected chi connectivity index (χ2v) is 9.26. The first-order chi connectivity index (χ1) is 17.5. The van der Waals surface area contributed by atoms with Gasteiger partial charge in [0.1, 0.15) is 5.82 Å². The third-order valence-corrected chi connectivity index (χ3v) is 6.86. The van der Waals surface area contributed by atoms with Gasteiger partial charge in [0.25, 0.3) is 0 Å². The summed E-state index contributed by atoms with van der Waals surface area (Å²) in [5.41, 5.74) is 3.88. The summed E-state index contributed by atoms with van der Waals surface area (Å²) < 4.78 is 57.3. The Morgan fingerprint density at radius 2 is 1.78 bits per heavy atom. The summed E-state index contributed by atoms with van der Waals surface area (Å²) in [6, 6.07) is 3.17. The highest BCUT2D eigenvalue weighted by atomic mass is 19.4. The number of aryl methyl sites for hydroxylation is 1. The van der Waals surface area contributed by atoms with Crippen LogP contribution in [0.1, 0.15) is 25.2 Å². The fourth-order valence-corrected chi connectivity index (χ4v) is 4.49. The summed E-state index contributed by atoms with van der Waals surface area (Å²) in [7, 11) is 0. The van der Waals surface area contributed by atoms with Gasteiger partial charge in [-0.25, -0.2) is 14.1 Å². The highest BCUT2D eigenvalue weighted by molar-refractivity contribution is 5.89. The molecule has 198 valence electrons. The van der Waals surface area contributed by atoms with Crippen LogP contribution in [-0.2, 0) is 18.6 Å². The summed E-state index contributed by atoms with van der Waals surface area (Å²) >= 11 is 0. The number of rotatable bonds is 6. The Morgan fingerprint density at radius 3 is 2.43 bits per heavy atom. The number of fused-ring (bicyclic) bond motifs is 3. The zero-order valence-electron chi connectivity index (χ0n) is 20.4. The van der Waals surface area contributed by atoms with E-state index >= 15 is 0 Å². The number of halogens is 4. The Hall–Kier alpha value is -3.52. The highest BCUT2D eigenvalue weighted by Crippen LogP contribution is 2.39. The van der Waals surface area contributed by atoms with Gasteiger partial charge in [-0.1, -0.05) is 13.0 Å². The van der Waals surface area contributed by atoms with Crippen molar-refractivity contribution in [1.82, 2.24) is 34.3 Å². The molecule has 1 aromatic carbocycles. The quantitative estimate of drug-likeness (QED) is 0.372. The van der Waals surface area contributed by atoms with E-state index in [1.807, 2.05) is 6.92 Å². The number of hydrogen-bond acceptors (Lipinski definition) is 8. The van der Waals surface area contributed by atoms with Gasteiger partial charge in [-0.05, 0) is 24.6 Å². The lowest BCUT2D eigenvalue weighted by Crippen LogP contribution is -2.47. The average Bonchev–Trinajstić information content (AvgIpc) is 3.47. The van der Waals surface area contributed by atoms with E-state index < -0.39 is 23.2 Å². The summed E-state index contributed by atoms with van der Waals surface area (Å²) in [4.78, 5) is 13.0. The molecule has 3 aromatic heterocycles. The van der Waals surface area contributed by atoms with Crippen molar-refractivity contribution in [2.24, 2.45) is 0 Å². The lowest BCUT2D eigenvalue weighted by atomic mass is 9.95. The molecule has 1 unspecified atom stereocenters. The number of aliphatic hydroxyl groups is 1. The predicted molar refractivity (Wildman–Crippen MR) is 129 cm³/mol. The Balaban J connectivity index is 1.23. The number of nitrogens with zero attached hydrogens (tertiary/aromatic N) is 8. The minimum Gasteiger partial charge on any atom is -0.376 e. The summed E-state index contributed by atoms with van der Waals surface area (Å²) in [5.74, 6) is 0.103. The van der Waals surface area contributed by atoms with Gasteiger partial charge < -0.3 is 15.7 Å². The summed E-state index contributed by atoms with van der Waals surface area (Å²) in [6.45, 7) is 6.05. The van der Waals surface area contributed by atoms with E-state index in [1.165, 1.54) is 10.6 Å². The normalized spacial score (nSPS) is 17.1. The topological polar surface area (TPSA) is 114 Å². The van der Waals surface area contributed by atoms with Crippen molar-refractivity contribution in [2.45, 2.75) is 38.6 Å². The van der Waals surface area contributed by atoms with Crippen molar-refractivity contribution in [1.29, 1.82) is 0 Å². The summed E-state index contributed by atoms with van der Waals surface area (Å²) in [6.07, 6.45) is -2.54. The third-order valence-electron chi connectivity index (χ3n) is 6.86. The van der Waals surface area contributed by atoms with Crippen LogP contribution in [0.3, 0.4) is 0 Å². The van der Waals surface area contributed by atoms with Crippen LogP contribution in [-0.4, -0.2) is 78.3 Å². The molecule has 1 fully saturated rings. The van der Waals surface area contributed by atoms with Crippen molar-refractivity contribution in [3.8, 4) is 0 Å². The number of hydrogen-bond donors (Lipinski definition) is 2. The lowest BCUT2D eigenvalue weighted by Gasteiger charge is -2.36. The van der Waals surface area contributed by atoms with Crippen molar-refractivity contribution in [3.63, 3.8) is 0 Å². The fraction of sp³-hybridized carbons (Fsp3) is 0.478. The highest BCUT2D eigenvalue weighted by Gasteiger charge is 2.51. The van der Waals surface area contributed by atoms with Gasteiger partial charge in [0.2, 0.25) is 5.95 Å². The minimum absolute atomic E-state index is 0.211. The zero-order chi connectivity index (χ0) is 26.5. The Labute approximate surface area is 209 Å². The predicted octanol–water partition coefficient (Wildman–Crippen LogP) is 2.35. The number of aromatic nitrogens is 6. The molecule has 0 radical (unpaired) electrons. The number of benzene rings is 1. The summed E-state index contributed by atoms with van der Waals surface area (Å²) in [5, 5.41) is 19.4. The van der Waals surface area contributed by atoms with Gasteiger partial charge in [0, 0.05) is 39.1 Å². The van der Waals surface area contributed by atoms with Crippen LogP contribution >= 0.6 is 0 Å². The average molecular weight is 522 g/mol. The largest absolute Gasteiger partial charge is 0.421 e. The number of alkyl halides is 3. The van der Waals surface area contributed by atoms with Crippen LogP contribution in [0.15, 0.2) is 24.4 Å². The van der Waals surface area contributed by atoms with E-state index in [0.717, 1.165) is 17.5 Å². The second-order valence-electron chi connectivity index (χ2n) is 9.26. The maximum absolute atomic E-state index is 14.7. The van der Waals surface area contributed by atoms with Crippen LogP contribution in [0.25, 0.3) is 16.7 Å². The molecule has 1 atom stereocenters. The van der Waals surface area contributed by atoms with E-state index in [9.17, 15) is 22.7 Å². The third kappa shape index (κ3) is 4.44.